The molecule has 1 saturated heterocycles. The van der Waals surface area contributed by atoms with E-state index in [1.165, 1.54) is 0 Å². The van der Waals surface area contributed by atoms with Crippen molar-refractivity contribution in [3.05, 3.63) is 39.9 Å². The van der Waals surface area contributed by atoms with E-state index in [-0.39, 0.29) is 10.6 Å². The maximum absolute atomic E-state index is 10.6. The van der Waals surface area contributed by atoms with Crippen LogP contribution in [-0.2, 0) is 11.2 Å². The van der Waals surface area contributed by atoms with E-state index in [1.807, 2.05) is 12.1 Å². The average molecular weight is 264 g/mol. The van der Waals surface area contributed by atoms with Gasteiger partial charge >= 0.3 is 0 Å². The molecule has 1 aromatic carbocycles. The summed E-state index contributed by atoms with van der Waals surface area (Å²) in [6, 6.07) is 6.83. The van der Waals surface area contributed by atoms with Crippen molar-refractivity contribution in [2.24, 2.45) is 0 Å². The number of benzene rings is 1. The van der Waals surface area contributed by atoms with Gasteiger partial charge in [-0.15, -0.1) is 0 Å². The molecule has 1 fully saturated rings. The van der Waals surface area contributed by atoms with Crippen LogP contribution in [0, 0.1) is 10.1 Å². The first kappa shape index (κ1) is 14.0. The van der Waals surface area contributed by atoms with E-state index in [4.69, 9.17) is 4.74 Å². The predicted molar refractivity (Wildman–Crippen MR) is 73.3 cm³/mol. The fraction of sp³-hybridized carbons (Fsp3) is 0.571. The number of morpholine rings is 1. The number of nitro benzene ring substituents is 1. The highest BCUT2D eigenvalue weighted by molar-refractivity contribution is 5.32. The minimum absolute atomic E-state index is 0.154. The summed E-state index contributed by atoms with van der Waals surface area (Å²) in [5.41, 5.74) is 1.30. The van der Waals surface area contributed by atoms with E-state index in [1.54, 1.807) is 12.1 Å². The lowest BCUT2D eigenvalue weighted by atomic mass is 10.1. The minimum Gasteiger partial charge on any atom is -0.376 e. The molecule has 1 aromatic rings. The molecular formula is C14H20N2O3. The van der Waals surface area contributed by atoms with Crippen molar-refractivity contribution in [3.63, 3.8) is 0 Å². The van der Waals surface area contributed by atoms with Crippen molar-refractivity contribution >= 4 is 5.69 Å². The predicted octanol–water partition coefficient (Wildman–Crippen LogP) is 2.25. The molecule has 1 heterocycles. The number of rotatable bonds is 5. The van der Waals surface area contributed by atoms with Crippen LogP contribution in [0.15, 0.2) is 24.3 Å². The summed E-state index contributed by atoms with van der Waals surface area (Å²) in [6.07, 6.45) is 2.33. The highest BCUT2D eigenvalue weighted by Gasteiger charge is 2.18. The van der Waals surface area contributed by atoms with Crippen LogP contribution >= 0.6 is 0 Å². The zero-order valence-corrected chi connectivity index (χ0v) is 11.2. The first-order valence-electron chi connectivity index (χ1n) is 6.76. The summed E-state index contributed by atoms with van der Waals surface area (Å²) in [5.74, 6) is 0. The third-order valence-electron chi connectivity index (χ3n) is 3.54. The first-order chi connectivity index (χ1) is 9.19. The van der Waals surface area contributed by atoms with Crippen LogP contribution in [0.5, 0.6) is 0 Å². The van der Waals surface area contributed by atoms with Gasteiger partial charge in [-0.1, -0.05) is 19.1 Å². The zero-order chi connectivity index (χ0) is 13.7. The van der Waals surface area contributed by atoms with Gasteiger partial charge in [0.2, 0.25) is 0 Å². The summed E-state index contributed by atoms with van der Waals surface area (Å²) in [7, 11) is 0. The summed E-state index contributed by atoms with van der Waals surface area (Å²) < 4.78 is 5.63. The van der Waals surface area contributed by atoms with Gasteiger partial charge < -0.3 is 4.74 Å². The van der Waals surface area contributed by atoms with Crippen molar-refractivity contribution in [2.45, 2.75) is 25.9 Å². The van der Waals surface area contributed by atoms with E-state index in [9.17, 15) is 10.1 Å². The Kier molecular flexibility index (Phi) is 4.87. The maximum Gasteiger partial charge on any atom is 0.269 e. The van der Waals surface area contributed by atoms with Crippen LogP contribution in [0.3, 0.4) is 0 Å². The molecule has 0 saturated carbocycles. The normalized spacial score (nSPS) is 20.4. The number of hydrogen-bond donors (Lipinski definition) is 0. The van der Waals surface area contributed by atoms with Crippen molar-refractivity contribution in [3.8, 4) is 0 Å². The van der Waals surface area contributed by atoms with Crippen LogP contribution in [0.2, 0.25) is 0 Å². The average Bonchev–Trinajstić information content (AvgIpc) is 2.46. The number of hydrogen-bond acceptors (Lipinski definition) is 4. The van der Waals surface area contributed by atoms with Gasteiger partial charge in [-0.05, 0) is 18.4 Å². The summed E-state index contributed by atoms with van der Waals surface area (Å²) in [4.78, 5) is 12.6. The lowest BCUT2D eigenvalue weighted by Gasteiger charge is -2.32. The molecule has 0 spiro atoms. The van der Waals surface area contributed by atoms with Crippen LogP contribution < -0.4 is 0 Å². The van der Waals surface area contributed by atoms with E-state index < -0.39 is 0 Å². The monoisotopic (exact) mass is 264 g/mol. The lowest BCUT2D eigenvalue weighted by Crippen LogP contribution is -2.42. The Morgan fingerprint density at radius 3 is 2.79 bits per heavy atom. The van der Waals surface area contributed by atoms with Crippen molar-refractivity contribution in [1.29, 1.82) is 0 Å². The molecule has 0 radical (unpaired) electrons. The molecule has 104 valence electrons. The largest absolute Gasteiger partial charge is 0.376 e. The Hall–Kier alpha value is -1.46. The second-order valence-electron chi connectivity index (χ2n) is 4.88. The molecule has 0 aromatic heterocycles. The molecular weight excluding hydrogens is 244 g/mol. The smallest absolute Gasteiger partial charge is 0.269 e. The Morgan fingerprint density at radius 1 is 1.42 bits per heavy atom. The molecule has 2 rings (SSSR count). The van der Waals surface area contributed by atoms with Gasteiger partial charge in [0.15, 0.2) is 0 Å². The van der Waals surface area contributed by atoms with Gasteiger partial charge in [0.1, 0.15) is 0 Å². The van der Waals surface area contributed by atoms with Crippen LogP contribution in [0.4, 0.5) is 5.69 Å². The van der Waals surface area contributed by atoms with E-state index in [0.717, 1.165) is 44.6 Å². The number of nitrogens with zero attached hydrogens (tertiary/aromatic N) is 2. The third kappa shape index (κ3) is 4.01. The molecule has 1 atom stereocenters. The van der Waals surface area contributed by atoms with E-state index in [2.05, 4.69) is 11.8 Å². The molecule has 0 amide bonds. The van der Waals surface area contributed by atoms with Gasteiger partial charge in [-0.3, -0.25) is 15.0 Å². The molecule has 1 aliphatic heterocycles. The van der Waals surface area contributed by atoms with Gasteiger partial charge in [0.25, 0.3) is 5.69 Å². The fourth-order valence-electron chi connectivity index (χ4n) is 2.30. The number of ether oxygens (including phenoxy) is 1. The topological polar surface area (TPSA) is 55.6 Å². The number of non-ortho nitro benzene ring substituents is 1. The fourth-order valence-corrected chi connectivity index (χ4v) is 2.30. The van der Waals surface area contributed by atoms with E-state index in [0.29, 0.717) is 6.10 Å². The SMILES string of the molecule is CCC1CN(CCc2ccc([N+](=O)[O-])cc2)CCO1. The van der Waals surface area contributed by atoms with Crippen molar-refractivity contribution < 1.29 is 9.66 Å². The standard InChI is InChI=1S/C14H20N2O3/c1-2-14-11-15(9-10-19-14)8-7-12-3-5-13(6-4-12)16(17)18/h3-6,14H,2,7-11H2,1H3. The lowest BCUT2D eigenvalue weighted by molar-refractivity contribution is -0.384. The van der Waals surface area contributed by atoms with Gasteiger partial charge in [0.05, 0.1) is 17.6 Å². The Bertz CT molecular complexity index is 419. The molecule has 5 heteroatoms. The second kappa shape index (κ2) is 6.63. The van der Waals surface area contributed by atoms with Crippen molar-refractivity contribution in [2.75, 3.05) is 26.2 Å². The van der Waals surface area contributed by atoms with Gasteiger partial charge in [0, 0.05) is 31.8 Å². The van der Waals surface area contributed by atoms with Crippen LogP contribution in [-0.4, -0.2) is 42.2 Å². The molecule has 0 N–H and O–H groups in total. The zero-order valence-electron chi connectivity index (χ0n) is 11.2. The minimum atomic E-state index is -0.363. The van der Waals surface area contributed by atoms with Crippen LogP contribution in [0.1, 0.15) is 18.9 Å². The highest BCUT2D eigenvalue weighted by atomic mass is 16.6. The summed E-state index contributed by atoms with van der Waals surface area (Å²) >= 11 is 0. The molecule has 1 unspecified atom stereocenters. The highest BCUT2D eigenvalue weighted by Crippen LogP contribution is 2.13. The quantitative estimate of drug-likeness (QED) is 0.604. The molecule has 0 aliphatic carbocycles. The van der Waals surface area contributed by atoms with Crippen LogP contribution in [0.25, 0.3) is 0 Å². The Labute approximate surface area is 113 Å². The Balaban J connectivity index is 1.83. The molecule has 5 nitrogen and oxygen atoms in total. The molecule has 0 bridgehead atoms. The summed E-state index contributed by atoms with van der Waals surface area (Å²) in [5, 5.41) is 10.6. The molecule has 1 aliphatic rings. The first-order valence-corrected chi connectivity index (χ1v) is 6.76. The van der Waals surface area contributed by atoms with Crippen molar-refractivity contribution in [1.82, 2.24) is 4.90 Å². The van der Waals surface area contributed by atoms with Gasteiger partial charge in [-0.2, -0.15) is 0 Å². The Morgan fingerprint density at radius 2 is 2.16 bits per heavy atom. The number of nitro groups is 1. The summed E-state index contributed by atoms with van der Waals surface area (Å²) in [6.45, 7) is 5.90. The maximum atomic E-state index is 10.6. The third-order valence-corrected chi connectivity index (χ3v) is 3.54. The molecule has 19 heavy (non-hydrogen) atoms. The van der Waals surface area contributed by atoms with Gasteiger partial charge in [-0.25, -0.2) is 0 Å². The van der Waals surface area contributed by atoms with E-state index >= 15 is 0 Å². The second-order valence-corrected chi connectivity index (χ2v) is 4.88.